The summed E-state index contributed by atoms with van der Waals surface area (Å²) in [6, 6.07) is 14.2. The van der Waals surface area contributed by atoms with E-state index in [0.29, 0.717) is 11.1 Å². The number of hydrogen-bond acceptors (Lipinski definition) is 16. The molecule has 16 heteroatoms. The van der Waals surface area contributed by atoms with Crippen molar-refractivity contribution in [3.63, 3.8) is 0 Å². The monoisotopic (exact) mass is 794 g/mol. The highest BCUT2D eigenvalue weighted by Gasteiger charge is 2.25. The van der Waals surface area contributed by atoms with Crippen LogP contribution in [-0.4, -0.2) is 61.3 Å². The summed E-state index contributed by atoms with van der Waals surface area (Å²) < 4.78 is 24.2. The van der Waals surface area contributed by atoms with Gasteiger partial charge in [0.15, 0.2) is 46.0 Å². The van der Waals surface area contributed by atoms with Gasteiger partial charge in [-0.25, -0.2) is 0 Å². The number of ether oxygens (including phenoxy) is 4. The first-order chi connectivity index (χ1) is 27.6. The van der Waals surface area contributed by atoms with E-state index >= 15 is 0 Å². The van der Waals surface area contributed by atoms with Gasteiger partial charge in [0.05, 0.1) is 0 Å². The summed E-state index contributed by atoms with van der Waals surface area (Å²) in [4.78, 5) is 0. The first-order valence-corrected chi connectivity index (χ1v) is 17.7. The molecule has 14 bridgehead atoms. The van der Waals surface area contributed by atoms with Crippen LogP contribution in [0.3, 0.4) is 0 Å². The van der Waals surface area contributed by atoms with Crippen molar-refractivity contribution >= 4 is 0 Å². The van der Waals surface area contributed by atoms with Gasteiger partial charge in [0.25, 0.3) is 0 Å². The third-order valence-corrected chi connectivity index (χ3v) is 9.99. The van der Waals surface area contributed by atoms with Crippen LogP contribution in [-0.2, 0) is 38.5 Å². The Morgan fingerprint density at radius 2 is 0.466 bits per heavy atom. The number of hydrogen-bond donors (Lipinski definition) is 12. The van der Waals surface area contributed by atoms with Gasteiger partial charge in [-0.3, -0.25) is 0 Å². The fraction of sp³-hybridized carbons (Fsp3) is 0.143. The summed E-state index contributed by atoms with van der Waals surface area (Å²) in [5.41, 5.74) is 1.29. The summed E-state index contributed by atoms with van der Waals surface area (Å²) in [6.45, 7) is 0. The van der Waals surface area contributed by atoms with Crippen LogP contribution in [0.25, 0.3) is 0 Å². The SMILES string of the molecule is Oc1c2cc(c(O)c1O)Oc1cc3cc(c1)Oc1cc(c(O)c(O)c1O)CCc1cc(c(O)c(O)c1O)Oc1cc(cc(c1)Oc1cc(c(O)c(O)c1O)CC2)CC3. The lowest BCUT2D eigenvalue weighted by molar-refractivity contribution is 0.341. The predicted octanol–water partition coefficient (Wildman–Crippen LogP) is 7.31. The van der Waals surface area contributed by atoms with Gasteiger partial charge in [-0.2, -0.15) is 0 Å². The molecule has 58 heavy (non-hydrogen) atoms. The molecule has 12 N–H and O–H groups in total. The van der Waals surface area contributed by atoms with Crippen molar-refractivity contribution < 1.29 is 80.2 Å². The zero-order valence-electron chi connectivity index (χ0n) is 30.0. The van der Waals surface area contributed by atoms with Crippen molar-refractivity contribution in [1.29, 1.82) is 0 Å². The molecule has 0 spiro atoms. The molecule has 0 fully saturated rings. The fourth-order valence-electron chi connectivity index (χ4n) is 6.90. The molecule has 0 radical (unpaired) electrons. The fourth-order valence-corrected chi connectivity index (χ4v) is 6.90. The highest BCUT2D eigenvalue weighted by molar-refractivity contribution is 5.66. The smallest absolute Gasteiger partial charge is 0.205 e. The Hall–Kier alpha value is -7.88. The average Bonchev–Trinajstić information content (AvgIpc) is 3.20. The molecule has 6 aromatic carbocycles. The minimum Gasteiger partial charge on any atom is -0.504 e. The van der Waals surface area contributed by atoms with Crippen LogP contribution in [0.1, 0.15) is 33.4 Å². The Bertz CT molecular complexity index is 2320. The maximum atomic E-state index is 10.8. The number of phenols is 12. The second kappa shape index (κ2) is 14.0. The lowest BCUT2D eigenvalue weighted by atomic mass is 10.00. The Morgan fingerprint density at radius 3 is 0.690 bits per heavy atom. The maximum Gasteiger partial charge on any atom is 0.205 e. The highest BCUT2D eigenvalue weighted by atomic mass is 16.5. The quantitative estimate of drug-likeness (QED) is 0.0672. The largest absolute Gasteiger partial charge is 0.504 e. The molecule has 2 aliphatic rings. The number of rotatable bonds is 0. The number of aromatic hydroxyl groups is 12. The van der Waals surface area contributed by atoms with Crippen molar-refractivity contribution in [2.75, 3.05) is 0 Å². The van der Waals surface area contributed by atoms with Crippen LogP contribution in [0.4, 0.5) is 0 Å². The van der Waals surface area contributed by atoms with E-state index in [1.807, 2.05) is 0 Å². The molecule has 6 aromatic rings. The Balaban J connectivity index is 1.35. The van der Waals surface area contributed by atoms with Gasteiger partial charge in [0.2, 0.25) is 46.0 Å². The lowest BCUT2D eigenvalue weighted by Gasteiger charge is -2.19. The molecule has 2 aliphatic heterocycles. The van der Waals surface area contributed by atoms with E-state index in [1.165, 1.54) is 36.4 Å². The van der Waals surface area contributed by atoms with Gasteiger partial charge in [0.1, 0.15) is 23.0 Å². The van der Waals surface area contributed by atoms with Crippen LogP contribution in [0.5, 0.6) is 115 Å². The van der Waals surface area contributed by atoms with Crippen molar-refractivity contribution in [2.45, 2.75) is 38.5 Å². The number of aryl methyl sites for hydroxylation is 6. The van der Waals surface area contributed by atoms with Crippen molar-refractivity contribution in [3.05, 3.63) is 94.0 Å². The molecule has 0 unspecified atom stereocenters. The molecule has 2 heterocycles. The van der Waals surface area contributed by atoms with Crippen molar-refractivity contribution in [3.8, 4) is 115 Å². The molecule has 0 aliphatic carbocycles. The van der Waals surface area contributed by atoms with E-state index in [9.17, 15) is 61.3 Å². The summed E-state index contributed by atoms with van der Waals surface area (Å²) >= 11 is 0. The maximum absolute atomic E-state index is 10.8. The topological polar surface area (TPSA) is 280 Å². The molecule has 298 valence electrons. The first-order valence-electron chi connectivity index (χ1n) is 17.7. The van der Waals surface area contributed by atoms with Gasteiger partial charge in [-0.1, -0.05) is 0 Å². The molecule has 0 amide bonds. The summed E-state index contributed by atoms with van der Waals surface area (Å²) in [5, 5.41) is 129. The van der Waals surface area contributed by atoms with Gasteiger partial charge in [0, 0.05) is 34.4 Å². The van der Waals surface area contributed by atoms with E-state index in [0.717, 1.165) is 0 Å². The summed E-state index contributed by atoms with van der Waals surface area (Å²) in [6.07, 6.45) is -0.0368. The summed E-state index contributed by atoms with van der Waals surface area (Å²) in [5.74, 6) is -10.6. The first kappa shape index (κ1) is 37.1. The van der Waals surface area contributed by atoms with Crippen LogP contribution in [0.2, 0.25) is 0 Å². The molecule has 0 atom stereocenters. The third kappa shape index (κ3) is 6.61. The van der Waals surface area contributed by atoms with Crippen LogP contribution in [0, 0.1) is 0 Å². The van der Waals surface area contributed by atoms with Crippen LogP contribution >= 0.6 is 0 Å². The zero-order chi connectivity index (χ0) is 41.2. The molecule has 0 aromatic heterocycles. The zero-order valence-corrected chi connectivity index (χ0v) is 30.0. The van der Waals surface area contributed by atoms with E-state index in [4.69, 9.17) is 18.9 Å². The normalized spacial score (nSPS) is 13.4. The second-order valence-corrected chi connectivity index (χ2v) is 13.9. The Labute approximate surface area is 327 Å². The minimum absolute atomic E-state index is 0.0492. The van der Waals surface area contributed by atoms with Crippen LogP contribution in [0.15, 0.2) is 60.7 Å². The standard InChI is InChI=1S/C42H34O16/c43-31-19-3-5-21-13-29(37(49)41(53)33(21)45)57-25-9-18-2-1-17-7-23(55-27(11-19)35(47)39(31)51)15-24(8-17)56-28-12-20(32(44)40(52)36(28)48)4-6-22-14-30(58-26(10-18)16-25)38(50)42(54)34(22)46/h7-16,43-54H,1-6H2. The minimum atomic E-state index is -0.902. The molecular weight excluding hydrogens is 760 g/mol. The lowest BCUT2D eigenvalue weighted by Crippen LogP contribution is -2.00. The summed E-state index contributed by atoms with van der Waals surface area (Å²) in [7, 11) is 0. The van der Waals surface area contributed by atoms with Gasteiger partial charge in [-0.05, 0) is 98.2 Å². The number of phenolic OH excluding ortho intramolecular Hbond substituents is 12. The van der Waals surface area contributed by atoms with E-state index in [1.54, 1.807) is 24.3 Å². The number of benzene rings is 6. The predicted molar refractivity (Wildman–Crippen MR) is 201 cm³/mol. The van der Waals surface area contributed by atoms with E-state index in [-0.39, 0.29) is 107 Å². The van der Waals surface area contributed by atoms with Gasteiger partial charge >= 0.3 is 0 Å². The van der Waals surface area contributed by atoms with Gasteiger partial charge < -0.3 is 80.2 Å². The van der Waals surface area contributed by atoms with Crippen molar-refractivity contribution in [1.82, 2.24) is 0 Å². The average molecular weight is 795 g/mol. The molecular formula is C42H34O16. The highest BCUT2D eigenvalue weighted by Crippen LogP contribution is 2.52. The third-order valence-electron chi connectivity index (χ3n) is 9.99. The van der Waals surface area contributed by atoms with Gasteiger partial charge in [-0.15, -0.1) is 0 Å². The Kier molecular flexibility index (Phi) is 8.95. The molecule has 16 nitrogen and oxygen atoms in total. The Morgan fingerprint density at radius 1 is 0.241 bits per heavy atom. The molecule has 0 saturated heterocycles. The van der Waals surface area contributed by atoms with E-state index in [2.05, 4.69) is 0 Å². The second-order valence-electron chi connectivity index (χ2n) is 13.9. The number of fused-ring (bicyclic) bond motifs is 13. The van der Waals surface area contributed by atoms with Crippen LogP contribution < -0.4 is 18.9 Å². The van der Waals surface area contributed by atoms with Crippen molar-refractivity contribution in [2.24, 2.45) is 0 Å². The molecule has 8 rings (SSSR count). The molecule has 0 saturated carbocycles. The van der Waals surface area contributed by atoms with E-state index < -0.39 is 69.0 Å².